The van der Waals surface area contributed by atoms with E-state index in [1.54, 1.807) is 31.4 Å². The van der Waals surface area contributed by atoms with Gasteiger partial charge in [0.2, 0.25) is 0 Å². The maximum atomic E-state index is 9.07. The third kappa shape index (κ3) is 4.21. The second-order valence-corrected chi connectivity index (χ2v) is 4.06. The summed E-state index contributed by atoms with van der Waals surface area (Å²) in [4.78, 5) is 0. The molecule has 1 rings (SSSR count). The van der Waals surface area contributed by atoms with Gasteiger partial charge in [-0.1, -0.05) is 0 Å². The molecular weight excluding hydrogens is 192 g/mol. The molecule has 15 heavy (non-hydrogen) atoms. The molecule has 0 heterocycles. The van der Waals surface area contributed by atoms with E-state index in [1.807, 2.05) is 13.8 Å². The average Bonchev–Trinajstić information content (AvgIpc) is 2.21. The third-order valence-electron chi connectivity index (χ3n) is 2.36. The molecule has 1 aromatic rings. The van der Waals surface area contributed by atoms with Crippen LogP contribution in [0.3, 0.4) is 0 Å². The fourth-order valence-corrected chi connectivity index (χ4v) is 1.06. The molecule has 84 valence electrons. The molecule has 3 heteroatoms. The SMILES string of the molecule is COC(C)(C)CCOc1ccc(O)cc1. The van der Waals surface area contributed by atoms with Gasteiger partial charge in [0.1, 0.15) is 11.5 Å². The van der Waals surface area contributed by atoms with Crippen molar-refractivity contribution in [2.24, 2.45) is 0 Å². The van der Waals surface area contributed by atoms with Crippen molar-refractivity contribution in [1.29, 1.82) is 0 Å². The molecule has 0 atom stereocenters. The van der Waals surface area contributed by atoms with Crippen molar-refractivity contribution in [1.82, 2.24) is 0 Å². The van der Waals surface area contributed by atoms with Crippen molar-refractivity contribution < 1.29 is 14.6 Å². The molecule has 0 saturated carbocycles. The summed E-state index contributed by atoms with van der Waals surface area (Å²) >= 11 is 0. The first-order chi connectivity index (χ1) is 7.03. The van der Waals surface area contributed by atoms with E-state index in [1.165, 1.54) is 0 Å². The summed E-state index contributed by atoms with van der Waals surface area (Å²) < 4.78 is 10.8. The van der Waals surface area contributed by atoms with E-state index < -0.39 is 0 Å². The summed E-state index contributed by atoms with van der Waals surface area (Å²) in [6.45, 7) is 4.64. The third-order valence-corrected chi connectivity index (χ3v) is 2.36. The van der Waals surface area contributed by atoms with Crippen LogP contribution in [0.2, 0.25) is 0 Å². The number of phenolic OH excluding ortho intramolecular Hbond substituents is 1. The minimum absolute atomic E-state index is 0.156. The zero-order valence-corrected chi connectivity index (χ0v) is 9.49. The van der Waals surface area contributed by atoms with Crippen molar-refractivity contribution in [3.63, 3.8) is 0 Å². The fourth-order valence-electron chi connectivity index (χ4n) is 1.06. The minimum Gasteiger partial charge on any atom is -0.508 e. The van der Waals surface area contributed by atoms with Crippen LogP contribution in [-0.4, -0.2) is 24.4 Å². The van der Waals surface area contributed by atoms with Crippen LogP contribution in [0.25, 0.3) is 0 Å². The zero-order valence-electron chi connectivity index (χ0n) is 9.49. The summed E-state index contributed by atoms with van der Waals surface area (Å²) in [5.41, 5.74) is -0.156. The summed E-state index contributed by atoms with van der Waals surface area (Å²) in [6.07, 6.45) is 0.824. The number of ether oxygens (including phenoxy) is 2. The van der Waals surface area contributed by atoms with Gasteiger partial charge in [-0.2, -0.15) is 0 Å². The van der Waals surface area contributed by atoms with Crippen LogP contribution in [0.15, 0.2) is 24.3 Å². The lowest BCUT2D eigenvalue weighted by Gasteiger charge is -2.22. The second-order valence-electron chi connectivity index (χ2n) is 4.06. The van der Waals surface area contributed by atoms with E-state index >= 15 is 0 Å². The number of methoxy groups -OCH3 is 1. The normalized spacial score (nSPS) is 11.4. The zero-order chi connectivity index (χ0) is 11.3. The predicted octanol–water partition coefficient (Wildman–Crippen LogP) is 2.59. The lowest BCUT2D eigenvalue weighted by atomic mass is 10.1. The maximum absolute atomic E-state index is 9.07. The highest BCUT2D eigenvalue weighted by molar-refractivity contribution is 5.29. The Balaban J connectivity index is 2.35. The van der Waals surface area contributed by atoms with Gasteiger partial charge in [0.05, 0.1) is 12.2 Å². The van der Waals surface area contributed by atoms with Gasteiger partial charge in [-0.15, -0.1) is 0 Å². The van der Waals surface area contributed by atoms with Crippen molar-refractivity contribution in [2.75, 3.05) is 13.7 Å². The van der Waals surface area contributed by atoms with Gasteiger partial charge in [0.15, 0.2) is 0 Å². The van der Waals surface area contributed by atoms with Crippen molar-refractivity contribution in [3.05, 3.63) is 24.3 Å². The Kier molecular flexibility index (Phi) is 3.97. The van der Waals surface area contributed by atoms with E-state index in [-0.39, 0.29) is 11.4 Å². The number of rotatable bonds is 5. The molecule has 0 bridgehead atoms. The van der Waals surface area contributed by atoms with Gasteiger partial charge in [-0.3, -0.25) is 0 Å². The van der Waals surface area contributed by atoms with E-state index in [2.05, 4.69) is 0 Å². The largest absolute Gasteiger partial charge is 0.508 e. The maximum Gasteiger partial charge on any atom is 0.119 e. The number of aromatic hydroxyl groups is 1. The fraction of sp³-hybridized carbons (Fsp3) is 0.500. The van der Waals surface area contributed by atoms with Crippen LogP contribution in [-0.2, 0) is 4.74 Å². The van der Waals surface area contributed by atoms with Crippen LogP contribution >= 0.6 is 0 Å². The molecule has 0 radical (unpaired) electrons. The Morgan fingerprint density at radius 3 is 2.33 bits per heavy atom. The molecule has 0 saturated heterocycles. The average molecular weight is 210 g/mol. The van der Waals surface area contributed by atoms with Crippen molar-refractivity contribution in [3.8, 4) is 11.5 Å². The van der Waals surface area contributed by atoms with Gasteiger partial charge in [-0.05, 0) is 38.1 Å². The Bertz CT molecular complexity index is 290. The minimum atomic E-state index is -0.156. The Morgan fingerprint density at radius 2 is 1.80 bits per heavy atom. The van der Waals surface area contributed by atoms with Crippen LogP contribution in [0.4, 0.5) is 0 Å². The molecule has 0 amide bonds. The molecule has 1 N–H and O–H groups in total. The van der Waals surface area contributed by atoms with Gasteiger partial charge >= 0.3 is 0 Å². The highest BCUT2D eigenvalue weighted by atomic mass is 16.5. The highest BCUT2D eigenvalue weighted by Crippen LogP contribution is 2.18. The van der Waals surface area contributed by atoms with Crippen LogP contribution < -0.4 is 4.74 Å². The van der Waals surface area contributed by atoms with E-state index in [0.717, 1.165) is 12.2 Å². The molecule has 1 aromatic carbocycles. The monoisotopic (exact) mass is 210 g/mol. The molecule has 0 fully saturated rings. The quantitative estimate of drug-likeness (QED) is 0.811. The van der Waals surface area contributed by atoms with Crippen molar-refractivity contribution >= 4 is 0 Å². The standard InChI is InChI=1S/C12H18O3/c1-12(2,14-3)8-9-15-11-6-4-10(13)5-7-11/h4-7,13H,8-9H2,1-3H3. The van der Waals surface area contributed by atoms with Crippen LogP contribution in [0, 0.1) is 0 Å². The number of benzene rings is 1. The van der Waals surface area contributed by atoms with Gasteiger partial charge < -0.3 is 14.6 Å². The van der Waals surface area contributed by atoms with Crippen LogP contribution in [0.1, 0.15) is 20.3 Å². The predicted molar refractivity (Wildman–Crippen MR) is 59.3 cm³/mol. The first kappa shape index (κ1) is 11.9. The van der Waals surface area contributed by atoms with Crippen LogP contribution in [0.5, 0.6) is 11.5 Å². The molecule has 0 aliphatic carbocycles. The number of hydrogen-bond acceptors (Lipinski definition) is 3. The highest BCUT2D eigenvalue weighted by Gasteiger charge is 2.15. The second kappa shape index (κ2) is 5.03. The Morgan fingerprint density at radius 1 is 1.20 bits per heavy atom. The number of hydrogen-bond donors (Lipinski definition) is 1. The molecule has 3 nitrogen and oxygen atoms in total. The summed E-state index contributed by atoms with van der Waals surface area (Å²) in [5, 5.41) is 9.07. The molecule has 0 spiro atoms. The topological polar surface area (TPSA) is 38.7 Å². The summed E-state index contributed by atoms with van der Waals surface area (Å²) in [5.74, 6) is 1.01. The molecule has 0 aromatic heterocycles. The summed E-state index contributed by atoms with van der Waals surface area (Å²) in [7, 11) is 1.69. The van der Waals surface area contributed by atoms with Gasteiger partial charge in [0, 0.05) is 13.5 Å². The number of phenols is 1. The molecule has 0 aliphatic heterocycles. The Hall–Kier alpha value is -1.22. The van der Waals surface area contributed by atoms with E-state index in [9.17, 15) is 0 Å². The lowest BCUT2D eigenvalue weighted by molar-refractivity contribution is 0.00545. The van der Waals surface area contributed by atoms with Gasteiger partial charge in [0.25, 0.3) is 0 Å². The van der Waals surface area contributed by atoms with E-state index in [4.69, 9.17) is 14.6 Å². The van der Waals surface area contributed by atoms with Crippen molar-refractivity contribution in [2.45, 2.75) is 25.9 Å². The van der Waals surface area contributed by atoms with Gasteiger partial charge in [-0.25, -0.2) is 0 Å². The summed E-state index contributed by atoms with van der Waals surface area (Å²) in [6, 6.07) is 6.71. The molecule has 0 aliphatic rings. The molecular formula is C12H18O3. The molecule has 0 unspecified atom stereocenters. The lowest BCUT2D eigenvalue weighted by Crippen LogP contribution is -2.25. The smallest absolute Gasteiger partial charge is 0.119 e. The first-order valence-corrected chi connectivity index (χ1v) is 5.00. The first-order valence-electron chi connectivity index (χ1n) is 5.00. The van der Waals surface area contributed by atoms with E-state index in [0.29, 0.717) is 6.61 Å². The Labute approximate surface area is 90.6 Å².